The van der Waals surface area contributed by atoms with E-state index in [2.05, 4.69) is 16.0 Å². The lowest BCUT2D eigenvalue weighted by atomic mass is 9.94. The molecule has 0 aromatic heterocycles. The number of ether oxygens (including phenoxy) is 1. The van der Waals surface area contributed by atoms with Gasteiger partial charge in [0.05, 0.1) is 18.7 Å². The molecular formula is C20H20ClN3O2S. The average molecular weight is 402 g/mol. The van der Waals surface area contributed by atoms with E-state index in [0.717, 1.165) is 11.1 Å². The van der Waals surface area contributed by atoms with Crippen molar-refractivity contribution in [3.63, 3.8) is 0 Å². The topological polar surface area (TPSA) is 62.4 Å². The molecule has 1 atom stereocenters. The van der Waals surface area contributed by atoms with Crippen LogP contribution in [0.4, 0.5) is 5.69 Å². The van der Waals surface area contributed by atoms with Crippen molar-refractivity contribution < 1.29 is 9.53 Å². The number of benzene rings is 2. The Morgan fingerprint density at radius 1 is 1.22 bits per heavy atom. The molecule has 2 aromatic rings. The van der Waals surface area contributed by atoms with Gasteiger partial charge in [0.15, 0.2) is 5.11 Å². The lowest BCUT2D eigenvalue weighted by Crippen LogP contribution is -2.45. The third-order valence-corrected chi connectivity index (χ3v) is 4.87. The Morgan fingerprint density at radius 2 is 1.96 bits per heavy atom. The monoisotopic (exact) mass is 401 g/mol. The highest BCUT2D eigenvalue weighted by Gasteiger charge is 2.31. The van der Waals surface area contributed by atoms with Gasteiger partial charge in [-0.25, -0.2) is 0 Å². The van der Waals surface area contributed by atoms with Crippen LogP contribution in [0.2, 0.25) is 5.02 Å². The van der Waals surface area contributed by atoms with Crippen LogP contribution in [0.15, 0.2) is 53.7 Å². The fourth-order valence-electron chi connectivity index (χ4n) is 3.05. The van der Waals surface area contributed by atoms with Crippen LogP contribution in [0.1, 0.15) is 24.1 Å². The maximum absolute atomic E-state index is 13.2. The number of methoxy groups -OCH3 is 1. The molecule has 3 N–H and O–H groups in total. The maximum atomic E-state index is 13.2. The molecule has 3 rings (SSSR count). The van der Waals surface area contributed by atoms with Crippen LogP contribution >= 0.6 is 23.8 Å². The smallest absolute Gasteiger partial charge is 0.255 e. The lowest BCUT2D eigenvalue weighted by Gasteiger charge is -2.31. The first-order chi connectivity index (χ1) is 12.9. The second-order valence-electron chi connectivity index (χ2n) is 6.23. The van der Waals surface area contributed by atoms with E-state index in [4.69, 9.17) is 28.6 Å². The van der Waals surface area contributed by atoms with Crippen molar-refractivity contribution in [2.45, 2.75) is 19.9 Å². The number of nitrogens with one attached hydrogen (secondary N) is 3. The van der Waals surface area contributed by atoms with Crippen LogP contribution in [-0.2, 0) is 4.79 Å². The molecular weight excluding hydrogens is 382 g/mol. The van der Waals surface area contributed by atoms with E-state index >= 15 is 0 Å². The van der Waals surface area contributed by atoms with Gasteiger partial charge in [-0.15, -0.1) is 0 Å². The summed E-state index contributed by atoms with van der Waals surface area (Å²) in [7, 11) is 1.60. The molecule has 2 aromatic carbocycles. The first kappa shape index (κ1) is 19.2. The SMILES string of the molecule is COc1ccccc1[C@H]1NC(=S)NC(C)=C1C(=O)Nc1cc(Cl)ccc1C. The predicted octanol–water partition coefficient (Wildman–Crippen LogP) is 4.09. The van der Waals surface area contributed by atoms with Gasteiger partial charge in [-0.2, -0.15) is 0 Å². The van der Waals surface area contributed by atoms with Gasteiger partial charge in [-0.05, 0) is 49.8 Å². The molecule has 1 heterocycles. The molecule has 140 valence electrons. The van der Waals surface area contributed by atoms with Crippen LogP contribution in [0, 0.1) is 6.92 Å². The summed E-state index contributed by atoms with van der Waals surface area (Å²) in [6.07, 6.45) is 0. The number of anilines is 1. The summed E-state index contributed by atoms with van der Waals surface area (Å²) in [4.78, 5) is 13.2. The molecule has 0 radical (unpaired) electrons. The van der Waals surface area contributed by atoms with E-state index in [1.807, 2.05) is 44.2 Å². The Labute approximate surface area is 168 Å². The minimum atomic E-state index is -0.436. The third kappa shape index (κ3) is 4.07. The van der Waals surface area contributed by atoms with Crippen molar-refractivity contribution in [2.24, 2.45) is 0 Å². The van der Waals surface area contributed by atoms with Gasteiger partial charge in [0.25, 0.3) is 5.91 Å². The summed E-state index contributed by atoms with van der Waals surface area (Å²) in [5.74, 6) is 0.438. The highest BCUT2D eigenvalue weighted by Crippen LogP contribution is 2.33. The van der Waals surface area contributed by atoms with Crippen LogP contribution < -0.4 is 20.7 Å². The molecule has 0 spiro atoms. The Bertz CT molecular complexity index is 943. The van der Waals surface area contributed by atoms with Gasteiger partial charge in [-0.3, -0.25) is 4.79 Å². The third-order valence-electron chi connectivity index (χ3n) is 4.41. The van der Waals surface area contributed by atoms with Crippen molar-refractivity contribution in [3.8, 4) is 5.75 Å². The van der Waals surface area contributed by atoms with E-state index in [0.29, 0.717) is 32.8 Å². The van der Waals surface area contributed by atoms with Crippen molar-refractivity contribution in [1.82, 2.24) is 10.6 Å². The summed E-state index contributed by atoms with van der Waals surface area (Å²) in [5, 5.41) is 10.2. The second kappa shape index (κ2) is 7.98. The molecule has 27 heavy (non-hydrogen) atoms. The molecule has 1 amide bonds. The van der Waals surface area contributed by atoms with Crippen molar-refractivity contribution >= 4 is 40.5 Å². The number of hydrogen-bond donors (Lipinski definition) is 3. The number of aryl methyl sites for hydroxylation is 1. The summed E-state index contributed by atoms with van der Waals surface area (Å²) < 4.78 is 5.47. The molecule has 0 saturated heterocycles. The van der Waals surface area contributed by atoms with Crippen molar-refractivity contribution in [2.75, 3.05) is 12.4 Å². The van der Waals surface area contributed by atoms with E-state index in [-0.39, 0.29) is 5.91 Å². The molecule has 7 heteroatoms. The summed E-state index contributed by atoms with van der Waals surface area (Å²) in [6.45, 7) is 3.74. The Hall–Kier alpha value is -2.57. The van der Waals surface area contributed by atoms with E-state index < -0.39 is 6.04 Å². The number of para-hydroxylation sites is 1. The molecule has 5 nitrogen and oxygen atoms in total. The van der Waals surface area contributed by atoms with E-state index in [1.54, 1.807) is 19.2 Å². The minimum Gasteiger partial charge on any atom is -0.496 e. The fourth-order valence-corrected chi connectivity index (χ4v) is 3.49. The van der Waals surface area contributed by atoms with Crippen LogP contribution in [0.25, 0.3) is 0 Å². The number of hydrogen-bond acceptors (Lipinski definition) is 3. The highest BCUT2D eigenvalue weighted by molar-refractivity contribution is 7.80. The number of rotatable bonds is 4. The Kier molecular flexibility index (Phi) is 5.68. The summed E-state index contributed by atoms with van der Waals surface area (Å²) in [6, 6.07) is 12.5. The molecule has 1 aliphatic heterocycles. The first-order valence-electron chi connectivity index (χ1n) is 8.39. The van der Waals surface area contributed by atoms with Crippen molar-refractivity contribution in [3.05, 3.63) is 69.9 Å². The van der Waals surface area contributed by atoms with Crippen molar-refractivity contribution in [1.29, 1.82) is 0 Å². The van der Waals surface area contributed by atoms with Crippen LogP contribution in [-0.4, -0.2) is 18.1 Å². The fraction of sp³-hybridized carbons (Fsp3) is 0.200. The van der Waals surface area contributed by atoms with Gasteiger partial charge in [0, 0.05) is 22.0 Å². The largest absolute Gasteiger partial charge is 0.496 e. The van der Waals surface area contributed by atoms with Crippen LogP contribution in [0.5, 0.6) is 5.75 Å². The molecule has 0 aliphatic carbocycles. The van der Waals surface area contributed by atoms with E-state index in [1.165, 1.54) is 0 Å². The molecule has 0 bridgehead atoms. The van der Waals surface area contributed by atoms with Gasteiger partial charge < -0.3 is 20.7 Å². The Balaban J connectivity index is 2.01. The first-order valence-corrected chi connectivity index (χ1v) is 9.18. The predicted molar refractivity (Wildman–Crippen MR) is 112 cm³/mol. The zero-order chi connectivity index (χ0) is 19.6. The van der Waals surface area contributed by atoms with Gasteiger partial charge in [-0.1, -0.05) is 35.9 Å². The quantitative estimate of drug-likeness (QED) is 0.673. The number of amides is 1. The standard InChI is InChI=1S/C20H20ClN3O2S/c1-11-8-9-13(21)10-15(11)23-19(25)17-12(2)22-20(27)24-18(17)14-6-4-5-7-16(14)26-3/h4-10,18H,1-3H3,(H,23,25)(H2,22,24,27)/t18-/m1/s1. The van der Waals surface area contributed by atoms with Gasteiger partial charge >= 0.3 is 0 Å². The molecule has 1 aliphatic rings. The zero-order valence-electron chi connectivity index (χ0n) is 15.2. The number of halogens is 1. The summed E-state index contributed by atoms with van der Waals surface area (Å²) in [5.41, 5.74) is 3.64. The van der Waals surface area contributed by atoms with Gasteiger partial charge in [0.2, 0.25) is 0 Å². The number of carbonyl (C=O) groups is 1. The van der Waals surface area contributed by atoms with E-state index in [9.17, 15) is 4.79 Å². The number of carbonyl (C=O) groups excluding carboxylic acids is 1. The molecule has 0 unspecified atom stereocenters. The van der Waals surface area contributed by atoms with Gasteiger partial charge in [0.1, 0.15) is 5.75 Å². The number of allylic oxidation sites excluding steroid dienone is 1. The molecule has 0 fully saturated rings. The zero-order valence-corrected chi connectivity index (χ0v) is 16.8. The lowest BCUT2D eigenvalue weighted by molar-refractivity contribution is -0.113. The van der Waals surface area contributed by atoms with Crippen LogP contribution in [0.3, 0.4) is 0 Å². The highest BCUT2D eigenvalue weighted by atomic mass is 35.5. The minimum absolute atomic E-state index is 0.240. The average Bonchev–Trinajstić information content (AvgIpc) is 2.63. The second-order valence-corrected chi connectivity index (χ2v) is 7.07. The molecule has 0 saturated carbocycles. The summed E-state index contributed by atoms with van der Waals surface area (Å²) >= 11 is 11.4. The maximum Gasteiger partial charge on any atom is 0.255 e. The number of thiocarbonyl (C=S) groups is 1. The normalized spacial score (nSPS) is 16.4. The Morgan fingerprint density at radius 3 is 2.70 bits per heavy atom.